The zero-order valence-electron chi connectivity index (χ0n) is 26.5. The largest absolute Gasteiger partial charge is 0.485 e. The number of anilines is 3. The lowest BCUT2D eigenvalue weighted by Gasteiger charge is -2.36. The molecule has 0 bridgehead atoms. The molecule has 3 heterocycles. The first-order valence-electron chi connectivity index (χ1n) is 16.1. The van der Waals surface area contributed by atoms with Gasteiger partial charge < -0.3 is 30.9 Å². The van der Waals surface area contributed by atoms with Crippen molar-refractivity contribution in [2.45, 2.75) is 51.8 Å². The number of pyridine rings is 1. The van der Waals surface area contributed by atoms with Crippen molar-refractivity contribution in [3.05, 3.63) is 102 Å². The molecule has 6 rings (SSSR count). The SMILES string of the molecule is CC1CN(C(=O)c2ccc(-c3cnc(N)c(OCc4cccc(C(=O)Nc5ccc(N6CCCCC6)cc5)c4)c3)cc2)CC(C)N1. The molecule has 0 spiro atoms. The Bertz CT molecular complexity index is 1660. The number of carbonyl (C=O) groups is 2. The first kappa shape index (κ1) is 31.1. The number of piperazine rings is 1. The molecule has 238 valence electrons. The average molecular weight is 619 g/mol. The topological polar surface area (TPSA) is 113 Å². The molecule has 9 heteroatoms. The maximum atomic E-state index is 13.1. The van der Waals surface area contributed by atoms with Crippen LogP contribution in [0, 0.1) is 0 Å². The number of piperidine rings is 1. The number of carbonyl (C=O) groups excluding carboxylic acids is 2. The molecule has 2 aliphatic rings. The van der Waals surface area contributed by atoms with Crippen LogP contribution in [0.25, 0.3) is 11.1 Å². The Morgan fingerprint density at radius 1 is 0.891 bits per heavy atom. The van der Waals surface area contributed by atoms with Gasteiger partial charge >= 0.3 is 0 Å². The molecule has 0 saturated carbocycles. The monoisotopic (exact) mass is 618 g/mol. The first-order valence-corrected chi connectivity index (χ1v) is 16.1. The second kappa shape index (κ2) is 14.0. The Balaban J connectivity index is 1.07. The summed E-state index contributed by atoms with van der Waals surface area (Å²) in [5.74, 6) is 0.580. The molecule has 2 fully saturated rings. The molecular weight excluding hydrogens is 576 g/mol. The summed E-state index contributed by atoms with van der Waals surface area (Å²) in [7, 11) is 0. The van der Waals surface area contributed by atoms with E-state index < -0.39 is 0 Å². The first-order chi connectivity index (χ1) is 22.3. The van der Waals surface area contributed by atoms with Crippen LogP contribution in [0.5, 0.6) is 5.75 Å². The van der Waals surface area contributed by atoms with E-state index in [1.165, 1.54) is 24.9 Å². The van der Waals surface area contributed by atoms with Crippen LogP contribution < -0.4 is 26.0 Å². The number of aromatic nitrogens is 1. The highest BCUT2D eigenvalue weighted by atomic mass is 16.5. The lowest BCUT2D eigenvalue weighted by atomic mass is 10.0. The fourth-order valence-electron chi connectivity index (χ4n) is 6.28. The van der Waals surface area contributed by atoms with Gasteiger partial charge in [-0.3, -0.25) is 9.59 Å². The number of nitrogens with one attached hydrogen (secondary N) is 2. The second-order valence-corrected chi connectivity index (χ2v) is 12.4. The minimum absolute atomic E-state index is 0.0351. The number of amides is 2. The van der Waals surface area contributed by atoms with Crippen molar-refractivity contribution in [1.29, 1.82) is 0 Å². The van der Waals surface area contributed by atoms with Gasteiger partial charge in [0.05, 0.1) is 0 Å². The van der Waals surface area contributed by atoms with Gasteiger partial charge in [-0.05, 0) is 98.8 Å². The molecule has 2 amide bonds. The number of hydrogen-bond donors (Lipinski definition) is 3. The summed E-state index contributed by atoms with van der Waals surface area (Å²) < 4.78 is 6.08. The maximum absolute atomic E-state index is 13.1. The number of nitrogen functional groups attached to an aromatic ring is 1. The van der Waals surface area contributed by atoms with Crippen LogP contribution in [0.15, 0.2) is 85.1 Å². The molecule has 2 atom stereocenters. The summed E-state index contributed by atoms with van der Waals surface area (Å²) in [6.45, 7) is 7.95. The van der Waals surface area contributed by atoms with Gasteiger partial charge in [-0.15, -0.1) is 0 Å². The predicted octanol–water partition coefficient (Wildman–Crippen LogP) is 5.97. The summed E-state index contributed by atoms with van der Waals surface area (Å²) in [5.41, 5.74) is 11.9. The summed E-state index contributed by atoms with van der Waals surface area (Å²) in [6, 6.07) is 25.3. The number of nitrogens with zero attached hydrogens (tertiary/aromatic N) is 3. The lowest BCUT2D eigenvalue weighted by molar-refractivity contribution is 0.0673. The summed E-state index contributed by atoms with van der Waals surface area (Å²) in [5, 5.41) is 6.46. The Morgan fingerprint density at radius 3 is 2.33 bits per heavy atom. The smallest absolute Gasteiger partial charge is 0.255 e. The Kier molecular flexibility index (Phi) is 9.49. The second-order valence-electron chi connectivity index (χ2n) is 12.4. The standard InChI is InChI=1S/C37H42N6O3/c1-25-22-43(23-26(2)40-25)37(45)29-11-9-28(10-12-29)31-20-34(35(38)39-21-31)46-24-27-7-6-8-30(19-27)36(44)41-32-13-15-33(16-14-32)42-17-4-3-5-18-42/h6-16,19-21,25-26,40H,3-5,17-18,22-24H2,1-2H3,(H2,38,39)(H,41,44). The van der Waals surface area contributed by atoms with E-state index in [0.717, 1.165) is 35.5 Å². The minimum atomic E-state index is -0.182. The van der Waals surface area contributed by atoms with Gasteiger partial charge in [-0.1, -0.05) is 24.3 Å². The molecular formula is C37H42N6O3. The van der Waals surface area contributed by atoms with E-state index in [0.29, 0.717) is 30.0 Å². The van der Waals surface area contributed by atoms with Gasteiger partial charge in [0, 0.05) is 72.5 Å². The Morgan fingerprint density at radius 2 is 1.61 bits per heavy atom. The van der Waals surface area contributed by atoms with E-state index in [2.05, 4.69) is 46.5 Å². The maximum Gasteiger partial charge on any atom is 0.255 e. The highest BCUT2D eigenvalue weighted by Crippen LogP contribution is 2.29. The van der Waals surface area contributed by atoms with Crippen LogP contribution in [0.2, 0.25) is 0 Å². The van der Waals surface area contributed by atoms with Crippen molar-refractivity contribution in [3.63, 3.8) is 0 Å². The summed E-state index contributed by atoms with van der Waals surface area (Å²) >= 11 is 0. The summed E-state index contributed by atoms with van der Waals surface area (Å²) in [6.07, 6.45) is 5.44. The van der Waals surface area contributed by atoms with Gasteiger partial charge in [0.1, 0.15) is 6.61 Å². The minimum Gasteiger partial charge on any atom is -0.485 e. The molecule has 0 radical (unpaired) electrons. The van der Waals surface area contributed by atoms with E-state index in [-0.39, 0.29) is 36.3 Å². The molecule has 1 aromatic heterocycles. The number of rotatable bonds is 8. The van der Waals surface area contributed by atoms with E-state index >= 15 is 0 Å². The highest BCUT2D eigenvalue weighted by molar-refractivity contribution is 6.04. The molecule has 46 heavy (non-hydrogen) atoms. The Labute approximate surface area is 270 Å². The van der Waals surface area contributed by atoms with Crippen LogP contribution in [0.1, 0.15) is 59.4 Å². The summed E-state index contributed by atoms with van der Waals surface area (Å²) in [4.78, 5) is 34.8. The van der Waals surface area contributed by atoms with Crippen LogP contribution >= 0.6 is 0 Å². The van der Waals surface area contributed by atoms with E-state index in [1.54, 1.807) is 12.3 Å². The number of hydrogen-bond acceptors (Lipinski definition) is 7. The fraction of sp³-hybridized carbons (Fsp3) is 0.324. The van der Waals surface area contributed by atoms with Crippen molar-refractivity contribution in [1.82, 2.24) is 15.2 Å². The zero-order valence-corrected chi connectivity index (χ0v) is 26.5. The molecule has 0 aliphatic carbocycles. The van der Waals surface area contributed by atoms with Crippen molar-refractivity contribution in [2.75, 3.05) is 42.1 Å². The average Bonchev–Trinajstić information content (AvgIpc) is 3.08. The van der Waals surface area contributed by atoms with Gasteiger partial charge in [0.15, 0.2) is 11.6 Å². The number of ether oxygens (including phenoxy) is 1. The van der Waals surface area contributed by atoms with Crippen molar-refractivity contribution in [3.8, 4) is 16.9 Å². The van der Waals surface area contributed by atoms with Gasteiger partial charge in [0.25, 0.3) is 11.8 Å². The van der Waals surface area contributed by atoms with Gasteiger partial charge in [0.2, 0.25) is 0 Å². The fourth-order valence-corrected chi connectivity index (χ4v) is 6.28. The van der Waals surface area contributed by atoms with Crippen LogP contribution in [0.4, 0.5) is 17.2 Å². The normalized spacial score (nSPS) is 18.2. The van der Waals surface area contributed by atoms with Crippen molar-refractivity contribution in [2.24, 2.45) is 0 Å². The van der Waals surface area contributed by atoms with Crippen LogP contribution in [-0.2, 0) is 6.61 Å². The lowest BCUT2D eigenvalue weighted by Crippen LogP contribution is -2.55. The van der Waals surface area contributed by atoms with Gasteiger partial charge in [-0.2, -0.15) is 0 Å². The van der Waals surface area contributed by atoms with Crippen molar-refractivity contribution >= 4 is 29.0 Å². The van der Waals surface area contributed by atoms with Gasteiger partial charge in [-0.25, -0.2) is 4.98 Å². The predicted molar refractivity (Wildman–Crippen MR) is 183 cm³/mol. The van der Waals surface area contributed by atoms with E-state index in [1.807, 2.05) is 65.6 Å². The third-order valence-electron chi connectivity index (χ3n) is 8.62. The molecule has 4 aromatic rings. The number of benzene rings is 3. The highest BCUT2D eigenvalue weighted by Gasteiger charge is 2.25. The van der Waals surface area contributed by atoms with Crippen molar-refractivity contribution < 1.29 is 14.3 Å². The molecule has 2 aliphatic heterocycles. The molecule has 3 aromatic carbocycles. The van der Waals surface area contributed by atoms with Crippen LogP contribution in [-0.4, -0.2) is 60.0 Å². The van der Waals surface area contributed by atoms with E-state index in [9.17, 15) is 9.59 Å². The molecule has 2 saturated heterocycles. The third kappa shape index (κ3) is 7.49. The third-order valence-corrected chi connectivity index (χ3v) is 8.62. The molecule has 2 unspecified atom stereocenters. The Hall–Kier alpha value is -4.89. The zero-order chi connectivity index (χ0) is 32.0. The molecule has 4 N–H and O–H groups in total. The quantitative estimate of drug-likeness (QED) is 0.223. The van der Waals surface area contributed by atoms with E-state index in [4.69, 9.17) is 10.5 Å². The molecule has 9 nitrogen and oxygen atoms in total. The number of nitrogens with two attached hydrogens (primary N) is 1. The van der Waals surface area contributed by atoms with Crippen LogP contribution in [0.3, 0.4) is 0 Å².